The number of benzene rings is 3. The number of phenolic OH excluding ortho intramolecular Hbond substituents is 1. The number of non-ortho nitro benzene ring substituents is 1. The summed E-state index contributed by atoms with van der Waals surface area (Å²) in [5.74, 6) is -0.921. The lowest BCUT2D eigenvalue weighted by atomic mass is 10.0. The fourth-order valence-corrected chi connectivity index (χ4v) is 2.56. The molecular formula is C20H16N2O4. The van der Waals surface area contributed by atoms with Gasteiger partial charge in [-0.15, -0.1) is 0 Å². The van der Waals surface area contributed by atoms with E-state index < -0.39 is 10.8 Å². The van der Waals surface area contributed by atoms with Crippen LogP contribution in [0.1, 0.15) is 21.5 Å². The lowest BCUT2D eigenvalue weighted by Crippen LogP contribution is -2.12. The molecular weight excluding hydrogens is 332 g/mol. The number of phenols is 1. The van der Waals surface area contributed by atoms with E-state index in [1.807, 2.05) is 42.5 Å². The quantitative estimate of drug-likeness (QED) is 0.535. The number of nitrogens with one attached hydrogen (secondary N) is 1. The van der Waals surface area contributed by atoms with Gasteiger partial charge in [0.25, 0.3) is 11.6 Å². The Morgan fingerprint density at radius 2 is 1.62 bits per heavy atom. The number of nitro benzene ring substituents is 1. The van der Waals surface area contributed by atoms with Crippen molar-refractivity contribution in [3.8, 4) is 5.75 Å². The van der Waals surface area contributed by atoms with Crippen LogP contribution in [0, 0.1) is 10.1 Å². The van der Waals surface area contributed by atoms with Crippen LogP contribution in [0.25, 0.3) is 0 Å². The van der Waals surface area contributed by atoms with E-state index in [2.05, 4.69) is 5.32 Å². The highest BCUT2D eigenvalue weighted by atomic mass is 16.6. The van der Waals surface area contributed by atoms with Crippen molar-refractivity contribution in [2.75, 3.05) is 5.32 Å². The van der Waals surface area contributed by atoms with E-state index in [1.54, 1.807) is 12.1 Å². The highest BCUT2D eigenvalue weighted by molar-refractivity contribution is 6.06. The van der Waals surface area contributed by atoms with E-state index in [4.69, 9.17) is 0 Å². The van der Waals surface area contributed by atoms with Crippen LogP contribution >= 0.6 is 0 Å². The Labute approximate surface area is 149 Å². The Bertz CT molecular complexity index is 938. The van der Waals surface area contributed by atoms with Crippen molar-refractivity contribution in [2.24, 2.45) is 0 Å². The molecule has 0 aliphatic carbocycles. The first-order valence-electron chi connectivity index (χ1n) is 7.94. The van der Waals surface area contributed by atoms with Crippen molar-refractivity contribution < 1.29 is 14.8 Å². The minimum Gasteiger partial charge on any atom is -0.507 e. The zero-order valence-electron chi connectivity index (χ0n) is 13.8. The summed E-state index contributed by atoms with van der Waals surface area (Å²) in [6, 6.07) is 20.6. The number of carbonyl (C=O) groups excluding carboxylic acids is 1. The minimum atomic E-state index is -0.616. The molecule has 3 rings (SSSR count). The Morgan fingerprint density at radius 1 is 0.962 bits per heavy atom. The predicted molar refractivity (Wildman–Crippen MR) is 98.4 cm³/mol. The third kappa shape index (κ3) is 4.05. The summed E-state index contributed by atoms with van der Waals surface area (Å²) in [7, 11) is 0. The van der Waals surface area contributed by atoms with E-state index in [1.165, 1.54) is 5.56 Å². The summed E-state index contributed by atoms with van der Waals surface area (Å²) in [5, 5.41) is 23.2. The number of anilines is 1. The monoisotopic (exact) mass is 348 g/mol. The molecule has 0 saturated carbocycles. The first-order chi connectivity index (χ1) is 12.5. The number of rotatable bonds is 5. The smallest absolute Gasteiger partial charge is 0.270 e. The first-order valence-corrected chi connectivity index (χ1v) is 7.94. The van der Waals surface area contributed by atoms with Gasteiger partial charge in [-0.3, -0.25) is 14.9 Å². The van der Waals surface area contributed by atoms with Crippen molar-refractivity contribution in [1.29, 1.82) is 0 Å². The number of amides is 1. The second-order valence-corrected chi connectivity index (χ2v) is 5.77. The summed E-state index contributed by atoms with van der Waals surface area (Å²) >= 11 is 0. The number of hydrogen-bond donors (Lipinski definition) is 2. The van der Waals surface area contributed by atoms with Gasteiger partial charge in [0.05, 0.1) is 10.5 Å². The van der Waals surface area contributed by atoms with Crippen molar-refractivity contribution in [3.63, 3.8) is 0 Å². The van der Waals surface area contributed by atoms with Gasteiger partial charge < -0.3 is 10.4 Å². The summed E-state index contributed by atoms with van der Waals surface area (Å²) in [6.45, 7) is 0. The summed E-state index contributed by atoms with van der Waals surface area (Å²) in [6.07, 6.45) is 0.779. The molecule has 0 aliphatic rings. The van der Waals surface area contributed by atoms with Gasteiger partial charge in [-0.25, -0.2) is 0 Å². The van der Waals surface area contributed by atoms with Crippen molar-refractivity contribution in [2.45, 2.75) is 6.42 Å². The fourth-order valence-electron chi connectivity index (χ4n) is 2.56. The molecule has 0 spiro atoms. The van der Waals surface area contributed by atoms with E-state index >= 15 is 0 Å². The lowest BCUT2D eigenvalue weighted by molar-refractivity contribution is -0.384. The maximum Gasteiger partial charge on any atom is 0.270 e. The molecule has 0 heterocycles. The number of aromatic hydroxyl groups is 1. The molecule has 26 heavy (non-hydrogen) atoms. The van der Waals surface area contributed by atoms with Crippen LogP contribution in [-0.4, -0.2) is 15.9 Å². The molecule has 0 radical (unpaired) electrons. The molecule has 0 aromatic heterocycles. The van der Waals surface area contributed by atoms with Gasteiger partial charge >= 0.3 is 0 Å². The highest BCUT2D eigenvalue weighted by Crippen LogP contribution is 2.24. The Hall–Kier alpha value is -3.67. The van der Waals surface area contributed by atoms with Crippen molar-refractivity contribution in [3.05, 3.63) is 99.6 Å². The zero-order valence-corrected chi connectivity index (χ0v) is 13.8. The molecule has 3 aromatic rings. The molecule has 6 nitrogen and oxygen atoms in total. The Morgan fingerprint density at radius 3 is 2.27 bits per heavy atom. The lowest BCUT2D eigenvalue weighted by Gasteiger charge is -2.08. The van der Waals surface area contributed by atoms with E-state index in [9.17, 15) is 20.0 Å². The molecule has 130 valence electrons. The first kappa shape index (κ1) is 17.2. The molecule has 1 amide bonds. The van der Waals surface area contributed by atoms with Crippen LogP contribution in [0.2, 0.25) is 0 Å². The van der Waals surface area contributed by atoms with E-state index in [0.29, 0.717) is 5.69 Å². The summed E-state index contributed by atoms with van der Waals surface area (Å²) in [4.78, 5) is 22.5. The number of nitro groups is 1. The van der Waals surface area contributed by atoms with Crippen LogP contribution in [-0.2, 0) is 6.42 Å². The van der Waals surface area contributed by atoms with Crippen LogP contribution in [0.5, 0.6) is 5.75 Å². The molecule has 3 aromatic carbocycles. The standard InChI is InChI=1S/C20H16N2O4/c23-19-11-10-17(22(25)26)13-18(19)20(24)21-16-8-6-15(7-9-16)12-14-4-2-1-3-5-14/h1-11,13,23H,12H2,(H,21,24). The Kier molecular flexibility index (Phi) is 4.94. The molecule has 0 unspecified atom stereocenters. The fraction of sp³-hybridized carbons (Fsp3) is 0.0500. The maximum atomic E-state index is 12.3. The van der Waals surface area contributed by atoms with E-state index in [0.717, 1.165) is 30.2 Å². The molecule has 0 fully saturated rings. The van der Waals surface area contributed by atoms with Crippen LogP contribution in [0.15, 0.2) is 72.8 Å². The van der Waals surface area contributed by atoms with Crippen LogP contribution < -0.4 is 5.32 Å². The van der Waals surface area contributed by atoms with Gasteiger partial charge in [-0.2, -0.15) is 0 Å². The van der Waals surface area contributed by atoms with Gasteiger partial charge in [0, 0.05) is 17.8 Å². The minimum absolute atomic E-state index is 0.146. The molecule has 2 N–H and O–H groups in total. The molecule has 0 aliphatic heterocycles. The summed E-state index contributed by atoms with van der Waals surface area (Å²) in [5.41, 5.74) is 2.41. The third-order valence-corrected chi connectivity index (χ3v) is 3.90. The zero-order chi connectivity index (χ0) is 18.5. The van der Waals surface area contributed by atoms with Gasteiger partial charge in [0.1, 0.15) is 5.75 Å². The second-order valence-electron chi connectivity index (χ2n) is 5.77. The molecule has 0 bridgehead atoms. The van der Waals surface area contributed by atoms with Gasteiger partial charge in [0.15, 0.2) is 0 Å². The highest BCUT2D eigenvalue weighted by Gasteiger charge is 2.16. The van der Waals surface area contributed by atoms with Crippen LogP contribution in [0.4, 0.5) is 11.4 Å². The average molecular weight is 348 g/mol. The van der Waals surface area contributed by atoms with Gasteiger partial charge in [-0.1, -0.05) is 42.5 Å². The van der Waals surface area contributed by atoms with Gasteiger partial charge in [0.2, 0.25) is 0 Å². The Balaban J connectivity index is 1.72. The van der Waals surface area contributed by atoms with E-state index in [-0.39, 0.29) is 17.0 Å². The third-order valence-electron chi connectivity index (χ3n) is 3.90. The van der Waals surface area contributed by atoms with Gasteiger partial charge in [-0.05, 0) is 35.7 Å². The molecule has 0 saturated heterocycles. The SMILES string of the molecule is O=C(Nc1ccc(Cc2ccccc2)cc1)c1cc([N+](=O)[O-])ccc1O. The maximum absolute atomic E-state index is 12.3. The molecule has 0 atom stereocenters. The van der Waals surface area contributed by atoms with Crippen molar-refractivity contribution in [1.82, 2.24) is 0 Å². The number of nitrogens with zero attached hydrogens (tertiary/aromatic N) is 1. The number of hydrogen-bond acceptors (Lipinski definition) is 4. The van der Waals surface area contributed by atoms with Crippen molar-refractivity contribution >= 4 is 17.3 Å². The number of carbonyl (C=O) groups is 1. The van der Waals surface area contributed by atoms with Crippen LogP contribution in [0.3, 0.4) is 0 Å². The topological polar surface area (TPSA) is 92.5 Å². The average Bonchev–Trinajstić information content (AvgIpc) is 2.64. The normalized spacial score (nSPS) is 10.3. The summed E-state index contributed by atoms with van der Waals surface area (Å²) < 4.78 is 0. The predicted octanol–water partition coefficient (Wildman–Crippen LogP) is 4.14. The largest absolute Gasteiger partial charge is 0.507 e. The molecule has 6 heteroatoms. The second kappa shape index (κ2) is 7.48.